The molecular weight excluding hydrogens is 961 g/mol. The molecule has 2 fully saturated rings. The summed E-state index contributed by atoms with van der Waals surface area (Å²) in [4.78, 5) is 136. The number of nitrogens with zero attached hydrogens (tertiary/aromatic N) is 5. The number of amides is 8. The molecular formula is C43H78N18O12. The minimum absolute atomic E-state index is 0.0280. The third-order valence-corrected chi connectivity index (χ3v) is 12.0. The SMILES string of the molecule is CC(NC(=O)C(CCCN=C(N)N)NC(=O)C(CCCN=C(N)N)NC(=O)C1CCCN1C(=O)C1CCCN1C(=O)C(N)CO)C(=O)NC(CCCN=C(N)N)C(=O)NC(C(=O)NC(C(=O)O)C(C)O)C(C)C. The van der Waals surface area contributed by atoms with E-state index in [2.05, 4.69) is 46.9 Å². The molecule has 73 heavy (non-hydrogen) atoms. The first-order valence-electron chi connectivity index (χ1n) is 24.2. The number of rotatable bonds is 30. The lowest BCUT2D eigenvalue weighted by Crippen LogP contribution is -2.60. The highest BCUT2D eigenvalue weighted by Gasteiger charge is 2.44. The van der Waals surface area contributed by atoms with Crippen molar-refractivity contribution < 1.29 is 58.5 Å². The van der Waals surface area contributed by atoms with Gasteiger partial charge in [-0.3, -0.25) is 53.3 Å². The topological polar surface area (TPSA) is 512 Å². The number of aliphatic hydroxyl groups is 2. The van der Waals surface area contributed by atoms with Crippen molar-refractivity contribution in [1.82, 2.24) is 41.7 Å². The predicted octanol–water partition coefficient (Wildman–Crippen LogP) is -7.50. The van der Waals surface area contributed by atoms with Crippen molar-refractivity contribution >= 4 is 71.1 Å². The zero-order valence-electron chi connectivity index (χ0n) is 42.0. The summed E-state index contributed by atoms with van der Waals surface area (Å²) in [5.41, 5.74) is 38.6. The Bertz CT molecular complexity index is 2010. The molecule has 0 aromatic carbocycles. The van der Waals surface area contributed by atoms with Gasteiger partial charge in [0.1, 0.15) is 48.3 Å². The first-order chi connectivity index (χ1) is 34.3. The molecule has 2 aliphatic heterocycles. The largest absolute Gasteiger partial charge is 0.480 e. The van der Waals surface area contributed by atoms with Crippen LogP contribution in [0, 0.1) is 5.92 Å². The fraction of sp³-hybridized carbons (Fsp3) is 0.721. The van der Waals surface area contributed by atoms with Crippen molar-refractivity contribution in [2.75, 3.05) is 39.3 Å². The van der Waals surface area contributed by atoms with Gasteiger partial charge in [-0.05, 0) is 84.0 Å². The van der Waals surface area contributed by atoms with Crippen LogP contribution in [0.1, 0.15) is 91.9 Å². The van der Waals surface area contributed by atoms with Crippen LogP contribution in [-0.2, 0) is 43.2 Å². The molecule has 30 heteroatoms. The number of nitrogens with one attached hydrogen (secondary N) is 6. The Kier molecular flexibility index (Phi) is 26.1. The molecule has 0 bridgehead atoms. The molecule has 10 atom stereocenters. The Labute approximate surface area is 423 Å². The van der Waals surface area contributed by atoms with Crippen LogP contribution in [-0.4, -0.2) is 196 Å². The maximum atomic E-state index is 14.2. The molecule has 2 saturated heterocycles. The second kappa shape index (κ2) is 30.7. The Balaban J connectivity index is 2.37. The number of carboxylic acids is 1. The highest BCUT2D eigenvalue weighted by molar-refractivity contribution is 5.98. The summed E-state index contributed by atoms with van der Waals surface area (Å²) in [6.45, 7) is 5.53. The smallest absolute Gasteiger partial charge is 0.328 e. The van der Waals surface area contributed by atoms with Gasteiger partial charge < -0.3 is 97.2 Å². The van der Waals surface area contributed by atoms with E-state index in [4.69, 9.17) is 40.1 Å². The van der Waals surface area contributed by atoms with Gasteiger partial charge in [-0.15, -0.1) is 0 Å². The molecule has 2 heterocycles. The maximum Gasteiger partial charge on any atom is 0.328 e. The molecule has 412 valence electrons. The predicted molar refractivity (Wildman–Crippen MR) is 266 cm³/mol. The van der Waals surface area contributed by atoms with Crippen LogP contribution in [0.2, 0.25) is 0 Å². The van der Waals surface area contributed by atoms with Crippen LogP contribution in [0.5, 0.6) is 0 Å². The third kappa shape index (κ3) is 20.5. The molecule has 0 aliphatic carbocycles. The Morgan fingerprint density at radius 2 is 1.00 bits per heavy atom. The number of hydrogen-bond acceptors (Lipinski definition) is 15. The first-order valence-corrected chi connectivity index (χ1v) is 24.2. The summed E-state index contributed by atoms with van der Waals surface area (Å²) in [6.07, 6.45) is 0.210. The summed E-state index contributed by atoms with van der Waals surface area (Å²) >= 11 is 0. The molecule has 10 unspecified atom stereocenters. The number of carbonyl (C=O) groups is 9. The second-order valence-corrected chi connectivity index (χ2v) is 18.2. The Morgan fingerprint density at radius 3 is 1.45 bits per heavy atom. The number of aliphatic hydroxyl groups excluding tert-OH is 2. The molecule has 0 aromatic rings. The summed E-state index contributed by atoms with van der Waals surface area (Å²) in [6, 6.07) is -11.6. The average Bonchev–Trinajstić information content (AvgIpc) is 4.02. The molecule has 2 rings (SSSR count). The van der Waals surface area contributed by atoms with Crippen molar-refractivity contribution in [2.24, 2.45) is 61.0 Å². The van der Waals surface area contributed by atoms with Gasteiger partial charge in [0.15, 0.2) is 23.9 Å². The molecule has 0 spiro atoms. The van der Waals surface area contributed by atoms with Crippen molar-refractivity contribution in [2.45, 2.75) is 152 Å². The van der Waals surface area contributed by atoms with E-state index in [1.165, 1.54) is 16.7 Å². The molecule has 0 aromatic heterocycles. The molecule has 30 nitrogen and oxygen atoms in total. The lowest BCUT2D eigenvalue weighted by atomic mass is 10.0. The quantitative estimate of drug-likeness (QED) is 0.0180. The summed E-state index contributed by atoms with van der Waals surface area (Å²) < 4.78 is 0. The van der Waals surface area contributed by atoms with Crippen LogP contribution >= 0.6 is 0 Å². The molecule has 2 aliphatic rings. The van der Waals surface area contributed by atoms with E-state index in [0.717, 1.165) is 6.92 Å². The van der Waals surface area contributed by atoms with E-state index in [9.17, 15) is 58.5 Å². The maximum absolute atomic E-state index is 14.2. The van der Waals surface area contributed by atoms with E-state index in [1.807, 2.05) is 0 Å². The van der Waals surface area contributed by atoms with Gasteiger partial charge in [-0.2, -0.15) is 0 Å². The van der Waals surface area contributed by atoms with E-state index in [1.54, 1.807) is 13.8 Å². The van der Waals surface area contributed by atoms with Crippen molar-refractivity contribution in [3.05, 3.63) is 0 Å². The van der Waals surface area contributed by atoms with Crippen molar-refractivity contribution in [3.63, 3.8) is 0 Å². The number of likely N-dealkylation sites (tertiary alicyclic amines) is 2. The van der Waals surface area contributed by atoms with Gasteiger partial charge in [0, 0.05) is 32.7 Å². The van der Waals surface area contributed by atoms with E-state index in [-0.39, 0.29) is 95.5 Å². The minimum atomic E-state index is -1.70. The number of carboxylic acid groups (broad SMARTS) is 1. The molecule has 8 amide bonds. The van der Waals surface area contributed by atoms with Gasteiger partial charge in [-0.1, -0.05) is 13.8 Å². The van der Waals surface area contributed by atoms with E-state index >= 15 is 0 Å². The number of aliphatic imine (C=N–C) groups is 3. The van der Waals surface area contributed by atoms with Crippen molar-refractivity contribution in [1.29, 1.82) is 0 Å². The number of hydrogen-bond donors (Lipinski definition) is 16. The fourth-order valence-corrected chi connectivity index (χ4v) is 8.03. The number of carbonyl (C=O) groups excluding carboxylic acids is 8. The number of guanidine groups is 3. The van der Waals surface area contributed by atoms with E-state index < -0.39 is 126 Å². The highest BCUT2D eigenvalue weighted by Crippen LogP contribution is 2.26. The number of aliphatic carboxylic acids is 1. The van der Waals surface area contributed by atoms with Gasteiger partial charge in [0.05, 0.1) is 12.7 Å². The molecule has 0 saturated carbocycles. The lowest BCUT2D eigenvalue weighted by Gasteiger charge is -2.32. The van der Waals surface area contributed by atoms with Crippen LogP contribution in [0.3, 0.4) is 0 Å². The fourth-order valence-electron chi connectivity index (χ4n) is 8.03. The standard InChI is InChI=1S/C43H78N18O12/c1-21(2)30(37(69)59-31(23(4)63)40(72)73)58-35(67)27(12-7-17-53-43(49)50)55-32(64)22(3)54-33(65)25(10-5-15-51-41(45)46)56-34(66)26(11-6-16-52-42(47)48)57-36(68)28-13-8-18-60(28)39(71)29-14-9-19-61(29)38(70)24(44)20-62/h21-31,62-63H,5-20,44H2,1-4H3,(H,54,65)(H,55,64)(H,56,66)(H,57,68)(H,58,67)(H,59,69)(H,72,73)(H4,45,46,51)(H4,47,48,52)(H4,49,50,53). The van der Waals surface area contributed by atoms with Crippen LogP contribution in [0.15, 0.2) is 15.0 Å². The third-order valence-electron chi connectivity index (χ3n) is 12.0. The Morgan fingerprint density at radius 1 is 0.575 bits per heavy atom. The summed E-state index contributed by atoms with van der Waals surface area (Å²) in [5.74, 6) is -8.95. The van der Waals surface area contributed by atoms with Gasteiger partial charge in [0.25, 0.3) is 0 Å². The van der Waals surface area contributed by atoms with Crippen LogP contribution in [0.25, 0.3) is 0 Å². The van der Waals surface area contributed by atoms with E-state index in [0.29, 0.717) is 19.3 Å². The zero-order chi connectivity index (χ0) is 55.1. The van der Waals surface area contributed by atoms with Gasteiger partial charge in [0.2, 0.25) is 47.3 Å². The Hall–Kier alpha value is -7.08. The lowest BCUT2D eigenvalue weighted by molar-refractivity contribution is -0.147. The zero-order valence-corrected chi connectivity index (χ0v) is 42.0. The summed E-state index contributed by atoms with van der Waals surface area (Å²) in [5, 5.41) is 44.0. The molecule has 23 N–H and O–H groups in total. The van der Waals surface area contributed by atoms with Gasteiger partial charge >= 0.3 is 5.97 Å². The van der Waals surface area contributed by atoms with Crippen LogP contribution < -0.4 is 72.0 Å². The minimum Gasteiger partial charge on any atom is -0.480 e. The first kappa shape index (κ1) is 62.0. The highest BCUT2D eigenvalue weighted by atomic mass is 16.4. The molecule has 0 radical (unpaired) electrons. The monoisotopic (exact) mass is 1040 g/mol. The second-order valence-electron chi connectivity index (χ2n) is 18.2. The number of nitrogens with two attached hydrogens (primary N) is 7. The summed E-state index contributed by atoms with van der Waals surface area (Å²) in [7, 11) is 0. The average molecular weight is 1040 g/mol. The van der Waals surface area contributed by atoms with Crippen molar-refractivity contribution in [3.8, 4) is 0 Å². The van der Waals surface area contributed by atoms with Crippen LogP contribution in [0.4, 0.5) is 0 Å². The normalized spacial score (nSPS) is 18.5. The van der Waals surface area contributed by atoms with Gasteiger partial charge in [-0.25, -0.2) is 4.79 Å².